The van der Waals surface area contributed by atoms with Crippen LogP contribution in [0.3, 0.4) is 0 Å². The maximum Gasteiger partial charge on any atom is 0.198 e. The normalized spacial score (nSPS) is 12.9. The van der Waals surface area contributed by atoms with Gasteiger partial charge in [0.15, 0.2) is 5.22 Å². The minimum absolute atomic E-state index is 0.0810. The van der Waals surface area contributed by atoms with E-state index < -0.39 is 0 Å². The van der Waals surface area contributed by atoms with Crippen molar-refractivity contribution in [3.8, 4) is 0 Å². The molecule has 2 rings (SSSR count). The molecule has 0 aliphatic carbocycles. The van der Waals surface area contributed by atoms with Crippen molar-refractivity contribution in [3.63, 3.8) is 0 Å². The maximum atomic E-state index is 6.10. The molecule has 0 saturated carbocycles. The van der Waals surface area contributed by atoms with E-state index in [9.17, 15) is 0 Å². The van der Waals surface area contributed by atoms with E-state index in [-0.39, 0.29) is 6.04 Å². The summed E-state index contributed by atoms with van der Waals surface area (Å²) in [6.07, 6.45) is 1.63. The Morgan fingerprint density at radius 1 is 1.11 bits per heavy atom. The first-order valence-electron chi connectivity index (χ1n) is 6.69. The number of hydrogen-bond donors (Lipinski definition) is 1. The molecule has 1 heterocycles. The van der Waals surface area contributed by atoms with E-state index in [1.165, 1.54) is 11.1 Å². The Morgan fingerprint density at radius 3 is 2.21 bits per heavy atom. The Hall–Kier alpha value is -1.25. The summed E-state index contributed by atoms with van der Waals surface area (Å²) in [5, 5.41) is 3.90. The predicted molar refractivity (Wildman–Crippen MR) is 79.8 cm³/mol. The summed E-state index contributed by atoms with van der Waals surface area (Å²) in [7, 11) is 0. The number of rotatable bonds is 5. The minimum Gasteiger partial charge on any atom is -0.453 e. The standard InChI is InChI=1S/C16H20ClNO/c1-4-18-15(14-9-10-19-16(14)17)13-7-5-12(6-8-13)11(2)3/h5-11,15,18H,4H2,1-3H3. The monoisotopic (exact) mass is 277 g/mol. The van der Waals surface area contributed by atoms with Gasteiger partial charge in [-0.15, -0.1) is 0 Å². The molecule has 0 aliphatic rings. The van der Waals surface area contributed by atoms with Gasteiger partial charge in [0.2, 0.25) is 0 Å². The Kier molecular flexibility index (Phi) is 4.67. The van der Waals surface area contributed by atoms with Gasteiger partial charge in [0.25, 0.3) is 0 Å². The van der Waals surface area contributed by atoms with Crippen LogP contribution in [0.4, 0.5) is 0 Å². The van der Waals surface area contributed by atoms with Crippen LogP contribution in [-0.2, 0) is 0 Å². The molecule has 19 heavy (non-hydrogen) atoms. The highest BCUT2D eigenvalue weighted by Crippen LogP contribution is 2.30. The molecule has 102 valence electrons. The Morgan fingerprint density at radius 2 is 1.74 bits per heavy atom. The van der Waals surface area contributed by atoms with Gasteiger partial charge in [0.1, 0.15) is 0 Å². The third-order valence-electron chi connectivity index (χ3n) is 3.30. The van der Waals surface area contributed by atoms with Gasteiger partial charge < -0.3 is 9.73 Å². The summed E-state index contributed by atoms with van der Waals surface area (Å²) in [4.78, 5) is 0. The third kappa shape index (κ3) is 3.20. The number of furan rings is 1. The highest BCUT2D eigenvalue weighted by atomic mass is 35.5. The topological polar surface area (TPSA) is 25.2 Å². The van der Waals surface area contributed by atoms with Crippen molar-refractivity contribution in [1.82, 2.24) is 5.32 Å². The number of benzene rings is 1. The molecule has 0 amide bonds. The van der Waals surface area contributed by atoms with Gasteiger partial charge in [-0.05, 0) is 41.3 Å². The Labute approximate surface area is 119 Å². The van der Waals surface area contributed by atoms with E-state index >= 15 is 0 Å². The van der Waals surface area contributed by atoms with Gasteiger partial charge in [-0.3, -0.25) is 0 Å². The molecule has 0 fully saturated rings. The van der Waals surface area contributed by atoms with Gasteiger partial charge in [0.05, 0.1) is 12.3 Å². The van der Waals surface area contributed by atoms with E-state index in [2.05, 4.69) is 50.4 Å². The quantitative estimate of drug-likeness (QED) is 0.853. The summed E-state index contributed by atoms with van der Waals surface area (Å²) in [6.45, 7) is 7.36. The smallest absolute Gasteiger partial charge is 0.198 e. The summed E-state index contributed by atoms with van der Waals surface area (Å²) < 4.78 is 5.20. The van der Waals surface area contributed by atoms with Crippen LogP contribution in [0.15, 0.2) is 41.0 Å². The molecule has 1 unspecified atom stereocenters. The van der Waals surface area contributed by atoms with Crippen LogP contribution < -0.4 is 5.32 Å². The molecular formula is C16H20ClNO. The van der Waals surface area contributed by atoms with E-state index in [1.807, 2.05) is 6.07 Å². The summed E-state index contributed by atoms with van der Waals surface area (Å²) in [6, 6.07) is 10.7. The van der Waals surface area contributed by atoms with Crippen molar-refractivity contribution in [2.24, 2.45) is 0 Å². The molecule has 1 N–H and O–H groups in total. The van der Waals surface area contributed by atoms with Crippen molar-refractivity contribution >= 4 is 11.6 Å². The van der Waals surface area contributed by atoms with Gasteiger partial charge >= 0.3 is 0 Å². The van der Waals surface area contributed by atoms with Crippen LogP contribution in [0.5, 0.6) is 0 Å². The summed E-state index contributed by atoms with van der Waals surface area (Å²) >= 11 is 6.10. The second kappa shape index (κ2) is 6.27. The number of hydrogen-bond acceptors (Lipinski definition) is 2. The zero-order valence-electron chi connectivity index (χ0n) is 11.6. The fraction of sp³-hybridized carbons (Fsp3) is 0.375. The summed E-state index contributed by atoms with van der Waals surface area (Å²) in [5.74, 6) is 0.546. The molecule has 2 nitrogen and oxygen atoms in total. The molecule has 0 spiro atoms. The van der Waals surface area contributed by atoms with E-state index in [1.54, 1.807) is 6.26 Å². The van der Waals surface area contributed by atoms with Crippen molar-refractivity contribution in [2.45, 2.75) is 32.7 Å². The molecule has 2 aromatic rings. The summed E-state index contributed by atoms with van der Waals surface area (Å²) in [5.41, 5.74) is 3.53. The van der Waals surface area contributed by atoms with Gasteiger partial charge in [-0.1, -0.05) is 45.0 Å². The second-order valence-corrected chi connectivity index (χ2v) is 5.30. The number of nitrogens with one attached hydrogen (secondary N) is 1. The average molecular weight is 278 g/mol. The first-order chi connectivity index (χ1) is 9.13. The highest BCUT2D eigenvalue weighted by molar-refractivity contribution is 6.29. The first kappa shape index (κ1) is 14.2. The van der Waals surface area contributed by atoms with Crippen LogP contribution in [0.25, 0.3) is 0 Å². The third-order valence-corrected chi connectivity index (χ3v) is 3.61. The van der Waals surface area contributed by atoms with Crippen molar-refractivity contribution in [1.29, 1.82) is 0 Å². The Balaban J connectivity index is 2.31. The van der Waals surface area contributed by atoms with E-state index in [0.29, 0.717) is 11.1 Å². The molecule has 1 aromatic heterocycles. The largest absolute Gasteiger partial charge is 0.453 e. The Bertz CT molecular complexity index is 516. The van der Waals surface area contributed by atoms with Crippen molar-refractivity contribution < 1.29 is 4.42 Å². The minimum atomic E-state index is 0.0810. The van der Waals surface area contributed by atoms with Gasteiger partial charge in [-0.2, -0.15) is 0 Å². The molecular weight excluding hydrogens is 258 g/mol. The van der Waals surface area contributed by atoms with Crippen molar-refractivity contribution in [3.05, 3.63) is 58.5 Å². The second-order valence-electron chi connectivity index (χ2n) is 4.96. The van der Waals surface area contributed by atoms with Gasteiger partial charge in [0, 0.05) is 5.56 Å². The van der Waals surface area contributed by atoms with E-state index in [0.717, 1.165) is 12.1 Å². The average Bonchev–Trinajstić information content (AvgIpc) is 2.82. The van der Waals surface area contributed by atoms with Crippen LogP contribution in [0.2, 0.25) is 5.22 Å². The molecule has 1 aromatic carbocycles. The fourth-order valence-corrected chi connectivity index (χ4v) is 2.42. The van der Waals surface area contributed by atoms with Crippen LogP contribution >= 0.6 is 11.6 Å². The first-order valence-corrected chi connectivity index (χ1v) is 7.07. The molecule has 0 aliphatic heterocycles. The molecule has 0 saturated heterocycles. The zero-order valence-corrected chi connectivity index (χ0v) is 12.4. The lowest BCUT2D eigenvalue weighted by molar-refractivity contribution is 0.555. The molecule has 0 radical (unpaired) electrons. The van der Waals surface area contributed by atoms with Crippen LogP contribution in [0, 0.1) is 0 Å². The lowest BCUT2D eigenvalue weighted by Gasteiger charge is -2.18. The lowest BCUT2D eigenvalue weighted by Crippen LogP contribution is -2.21. The van der Waals surface area contributed by atoms with E-state index in [4.69, 9.17) is 16.0 Å². The molecule has 0 bridgehead atoms. The maximum absolute atomic E-state index is 6.10. The lowest BCUT2D eigenvalue weighted by atomic mass is 9.96. The van der Waals surface area contributed by atoms with Crippen LogP contribution in [0.1, 0.15) is 49.4 Å². The highest BCUT2D eigenvalue weighted by Gasteiger charge is 2.18. The zero-order chi connectivity index (χ0) is 13.8. The van der Waals surface area contributed by atoms with Crippen LogP contribution in [-0.4, -0.2) is 6.54 Å². The predicted octanol–water partition coefficient (Wildman–Crippen LogP) is 4.76. The molecule has 3 heteroatoms. The number of halogens is 1. The SMILES string of the molecule is CCNC(c1ccc(C(C)C)cc1)c1ccoc1Cl. The molecule has 1 atom stereocenters. The van der Waals surface area contributed by atoms with Crippen molar-refractivity contribution in [2.75, 3.05) is 6.54 Å². The fourth-order valence-electron chi connectivity index (χ4n) is 2.20. The van der Waals surface area contributed by atoms with Gasteiger partial charge in [-0.25, -0.2) is 0 Å².